The SMILES string of the molecule is CC1CC(=O)NC(=O)C(C)C1C. The minimum absolute atomic E-state index is 0.0496. The molecule has 1 fully saturated rings. The lowest BCUT2D eigenvalue weighted by Crippen LogP contribution is -2.33. The summed E-state index contributed by atoms with van der Waals surface area (Å²) in [5.41, 5.74) is 0. The van der Waals surface area contributed by atoms with Crippen LogP contribution in [0, 0.1) is 17.8 Å². The third-order valence-electron chi connectivity index (χ3n) is 2.87. The Morgan fingerprint density at radius 3 is 2.42 bits per heavy atom. The van der Waals surface area contributed by atoms with Gasteiger partial charge in [0.25, 0.3) is 0 Å². The van der Waals surface area contributed by atoms with Crippen LogP contribution in [0.3, 0.4) is 0 Å². The second kappa shape index (κ2) is 3.25. The molecular formula is C9H15NO2. The maximum absolute atomic E-state index is 11.2. The molecule has 0 aromatic rings. The van der Waals surface area contributed by atoms with Gasteiger partial charge in [-0.25, -0.2) is 0 Å². The summed E-state index contributed by atoms with van der Waals surface area (Å²) in [6.45, 7) is 5.90. The number of hydrogen-bond donors (Lipinski definition) is 1. The molecule has 3 heteroatoms. The number of nitrogens with one attached hydrogen (secondary N) is 1. The Kier molecular flexibility index (Phi) is 2.50. The Bertz CT molecular complexity index is 213. The van der Waals surface area contributed by atoms with Gasteiger partial charge in [-0.05, 0) is 11.8 Å². The number of carbonyl (C=O) groups is 2. The van der Waals surface area contributed by atoms with E-state index < -0.39 is 0 Å². The number of carbonyl (C=O) groups excluding carboxylic acids is 2. The molecule has 1 heterocycles. The molecule has 0 aromatic carbocycles. The van der Waals surface area contributed by atoms with Crippen LogP contribution in [0.1, 0.15) is 27.2 Å². The molecule has 0 radical (unpaired) electrons. The third-order valence-corrected chi connectivity index (χ3v) is 2.87. The highest BCUT2D eigenvalue weighted by atomic mass is 16.2. The van der Waals surface area contributed by atoms with Crippen molar-refractivity contribution in [1.82, 2.24) is 5.32 Å². The first-order chi connectivity index (χ1) is 5.52. The molecule has 3 nitrogen and oxygen atoms in total. The van der Waals surface area contributed by atoms with Crippen molar-refractivity contribution in [3.8, 4) is 0 Å². The first kappa shape index (κ1) is 9.23. The van der Waals surface area contributed by atoms with Crippen LogP contribution in [0.5, 0.6) is 0 Å². The normalized spacial score (nSPS) is 37.4. The molecule has 2 amide bonds. The average Bonchev–Trinajstić information content (AvgIpc) is 2.05. The molecule has 0 aliphatic carbocycles. The van der Waals surface area contributed by atoms with Crippen LogP contribution in [0.15, 0.2) is 0 Å². The second-order valence-electron chi connectivity index (χ2n) is 3.74. The summed E-state index contributed by atoms with van der Waals surface area (Å²) in [4.78, 5) is 22.3. The predicted octanol–water partition coefficient (Wildman–Crippen LogP) is 0.941. The average molecular weight is 169 g/mol. The summed E-state index contributed by atoms with van der Waals surface area (Å²) in [5.74, 6) is 0.273. The molecule has 1 N–H and O–H groups in total. The van der Waals surface area contributed by atoms with Gasteiger partial charge in [0.05, 0.1) is 0 Å². The van der Waals surface area contributed by atoms with E-state index in [2.05, 4.69) is 5.32 Å². The maximum Gasteiger partial charge on any atom is 0.229 e. The highest BCUT2D eigenvalue weighted by molar-refractivity contribution is 5.97. The van der Waals surface area contributed by atoms with Gasteiger partial charge in [0, 0.05) is 12.3 Å². The number of rotatable bonds is 0. The molecule has 0 aromatic heterocycles. The van der Waals surface area contributed by atoms with E-state index in [1.807, 2.05) is 20.8 Å². The zero-order valence-electron chi connectivity index (χ0n) is 7.76. The van der Waals surface area contributed by atoms with Crippen molar-refractivity contribution < 1.29 is 9.59 Å². The van der Waals surface area contributed by atoms with Crippen molar-refractivity contribution in [2.45, 2.75) is 27.2 Å². The number of imide groups is 1. The van der Waals surface area contributed by atoms with Gasteiger partial charge in [-0.1, -0.05) is 20.8 Å². The first-order valence-corrected chi connectivity index (χ1v) is 4.36. The monoisotopic (exact) mass is 169 g/mol. The van der Waals surface area contributed by atoms with E-state index >= 15 is 0 Å². The predicted molar refractivity (Wildman–Crippen MR) is 45.3 cm³/mol. The third kappa shape index (κ3) is 1.65. The van der Waals surface area contributed by atoms with E-state index in [1.54, 1.807) is 0 Å². The van der Waals surface area contributed by atoms with Crippen molar-refractivity contribution >= 4 is 11.8 Å². The molecule has 0 spiro atoms. The zero-order chi connectivity index (χ0) is 9.30. The van der Waals surface area contributed by atoms with Crippen molar-refractivity contribution in [3.63, 3.8) is 0 Å². The summed E-state index contributed by atoms with van der Waals surface area (Å²) < 4.78 is 0. The molecule has 1 rings (SSSR count). The second-order valence-corrected chi connectivity index (χ2v) is 3.74. The van der Waals surface area contributed by atoms with E-state index in [-0.39, 0.29) is 23.7 Å². The molecule has 3 unspecified atom stereocenters. The minimum Gasteiger partial charge on any atom is -0.296 e. The first-order valence-electron chi connectivity index (χ1n) is 4.36. The summed E-state index contributed by atoms with van der Waals surface area (Å²) >= 11 is 0. The van der Waals surface area contributed by atoms with E-state index in [0.29, 0.717) is 12.3 Å². The molecule has 0 saturated carbocycles. The number of amides is 2. The molecular weight excluding hydrogens is 154 g/mol. The molecule has 1 aliphatic rings. The summed E-state index contributed by atoms with van der Waals surface area (Å²) in [5, 5.41) is 2.37. The van der Waals surface area contributed by atoms with Crippen molar-refractivity contribution in [1.29, 1.82) is 0 Å². The van der Waals surface area contributed by atoms with Gasteiger partial charge in [-0.15, -0.1) is 0 Å². The quantitative estimate of drug-likeness (QED) is 0.548. The lowest BCUT2D eigenvalue weighted by molar-refractivity contribution is -0.131. The zero-order valence-corrected chi connectivity index (χ0v) is 7.76. The molecule has 1 saturated heterocycles. The highest BCUT2D eigenvalue weighted by Gasteiger charge is 2.30. The molecule has 0 bridgehead atoms. The van der Waals surface area contributed by atoms with Crippen LogP contribution >= 0.6 is 0 Å². The van der Waals surface area contributed by atoms with Gasteiger partial charge >= 0.3 is 0 Å². The molecule has 68 valence electrons. The molecule has 1 aliphatic heterocycles. The largest absolute Gasteiger partial charge is 0.296 e. The summed E-state index contributed by atoms with van der Waals surface area (Å²) in [7, 11) is 0. The lowest BCUT2D eigenvalue weighted by atomic mass is 9.84. The molecule has 3 atom stereocenters. The van der Waals surface area contributed by atoms with Gasteiger partial charge in [0.15, 0.2) is 0 Å². The van der Waals surface area contributed by atoms with Gasteiger partial charge in [-0.2, -0.15) is 0 Å². The Morgan fingerprint density at radius 1 is 1.25 bits per heavy atom. The lowest BCUT2D eigenvalue weighted by Gasteiger charge is -2.19. The minimum atomic E-state index is -0.135. The van der Waals surface area contributed by atoms with Crippen molar-refractivity contribution in [2.24, 2.45) is 17.8 Å². The topological polar surface area (TPSA) is 46.2 Å². The van der Waals surface area contributed by atoms with Gasteiger partial charge < -0.3 is 0 Å². The van der Waals surface area contributed by atoms with Gasteiger partial charge in [-0.3, -0.25) is 14.9 Å². The van der Waals surface area contributed by atoms with E-state index in [1.165, 1.54) is 0 Å². The highest BCUT2D eigenvalue weighted by Crippen LogP contribution is 2.25. The van der Waals surface area contributed by atoms with Crippen LogP contribution in [-0.4, -0.2) is 11.8 Å². The van der Waals surface area contributed by atoms with Crippen LogP contribution in [-0.2, 0) is 9.59 Å². The summed E-state index contributed by atoms with van der Waals surface area (Å²) in [6.07, 6.45) is 0.469. The fraction of sp³-hybridized carbons (Fsp3) is 0.778. The fourth-order valence-electron chi connectivity index (χ4n) is 1.51. The Hall–Kier alpha value is -0.860. The van der Waals surface area contributed by atoms with Crippen LogP contribution in [0.2, 0.25) is 0 Å². The van der Waals surface area contributed by atoms with Crippen molar-refractivity contribution in [3.05, 3.63) is 0 Å². The maximum atomic E-state index is 11.2. The number of hydrogen-bond acceptors (Lipinski definition) is 2. The van der Waals surface area contributed by atoms with Crippen LogP contribution in [0.25, 0.3) is 0 Å². The van der Waals surface area contributed by atoms with Crippen molar-refractivity contribution in [2.75, 3.05) is 0 Å². The van der Waals surface area contributed by atoms with Gasteiger partial charge in [0.2, 0.25) is 11.8 Å². The Balaban J connectivity index is 2.80. The fourth-order valence-corrected chi connectivity index (χ4v) is 1.51. The Morgan fingerprint density at radius 2 is 1.83 bits per heavy atom. The molecule has 12 heavy (non-hydrogen) atoms. The standard InChI is InChI=1S/C9H15NO2/c1-5-4-8(11)10-9(12)7(3)6(5)2/h5-7H,4H2,1-3H3,(H,10,11,12). The van der Waals surface area contributed by atoms with E-state index in [0.717, 1.165) is 0 Å². The smallest absolute Gasteiger partial charge is 0.229 e. The summed E-state index contributed by atoms with van der Waals surface area (Å²) in [6, 6.07) is 0. The Labute approximate surface area is 72.5 Å². The van der Waals surface area contributed by atoms with E-state index in [9.17, 15) is 9.59 Å². The van der Waals surface area contributed by atoms with Gasteiger partial charge in [0.1, 0.15) is 0 Å². The van der Waals surface area contributed by atoms with E-state index in [4.69, 9.17) is 0 Å². The van der Waals surface area contributed by atoms with Crippen LogP contribution in [0.4, 0.5) is 0 Å². The van der Waals surface area contributed by atoms with Crippen LogP contribution < -0.4 is 5.32 Å².